The van der Waals surface area contributed by atoms with E-state index in [9.17, 15) is 0 Å². The molecular formula is C61H37N3O. The van der Waals surface area contributed by atoms with Gasteiger partial charge in [0.25, 0.3) is 0 Å². The van der Waals surface area contributed by atoms with Gasteiger partial charge in [-0.15, -0.1) is 0 Å². The molecule has 0 amide bonds. The van der Waals surface area contributed by atoms with E-state index >= 15 is 0 Å². The first-order valence-electron chi connectivity index (χ1n) is 22.0. The number of ether oxygens (including phenoxy) is 1. The first kappa shape index (κ1) is 36.9. The molecule has 0 saturated heterocycles. The van der Waals surface area contributed by atoms with E-state index in [2.05, 4.69) is 206 Å². The summed E-state index contributed by atoms with van der Waals surface area (Å²) in [7, 11) is 0. The van der Waals surface area contributed by atoms with Crippen LogP contribution in [0.1, 0.15) is 0 Å². The fraction of sp³-hybridized carbons (Fsp3) is 0. The minimum Gasteiger partial charge on any atom is -0.456 e. The van der Waals surface area contributed by atoms with Crippen LogP contribution >= 0.6 is 0 Å². The molecule has 302 valence electrons. The van der Waals surface area contributed by atoms with Gasteiger partial charge in [0.15, 0.2) is 17.5 Å². The van der Waals surface area contributed by atoms with Gasteiger partial charge in [0.2, 0.25) is 0 Å². The molecule has 0 unspecified atom stereocenters. The summed E-state index contributed by atoms with van der Waals surface area (Å²) in [5, 5.41) is 9.74. The van der Waals surface area contributed by atoms with Crippen LogP contribution in [0.3, 0.4) is 0 Å². The smallest absolute Gasteiger partial charge is 0.164 e. The fourth-order valence-electron chi connectivity index (χ4n) is 9.68. The van der Waals surface area contributed by atoms with Gasteiger partial charge in [-0.3, -0.25) is 0 Å². The maximum absolute atomic E-state index is 6.40. The standard InChI is InChI=1S/C61H37N3O/c1-2-10-38(11-3-1)39-20-26-44(27-21-39)59-62-60(45-28-22-40(23-29-45)47-33-35-55-54(36-47)51-18-8-14-42-15-9-19-56(65-55)58(42)51)64-61(63-59)46-30-24-43(25-31-46)57-50-17-7-5-13-48(50)37-53-49-16-6-4-12-41(49)32-34-52(53)57/h1-37H. The zero-order valence-electron chi connectivity index (χ0n) is 35.1. The molecule has 0 fully saturated rings. The van der Waals surface area contributed by atoms with Gasteiger partial charge in [0.05, 0.1) is 0 Å². The Morgan fingerprint density at radius 2 is 0.785 bits per heavy atom. The van der Waals surface area contributed by atoms with Crippen molar-refractivity contribution in [3.05, 3.63) is 224 Å². The normalized spacial score (nSPS) is 11.8. The van der Waals surface area contributed by atoms with E-state index in [0.717, 1.165) is 67.0 Å². The minimum atomic E-state index is 0.613. The van der Waals surface area contributed by atoms with Crippen LogP contribution < -0.4 is 4.74 Å². The summed E-state index contributed by atoms with van der Waals surface area (Å²) in [6, 6.07) is 79.4. The van der Waals surface area contributed by atoms with Gasteiger partial charge in [-0.1, -0.05) is 200 Å². The van der Waals surface area contributed by atoms with Gasteiger partial charge in [0.1, 0.15) is 11.5 Å². The monoisotopic (exact) mass is 827 g/mol. The molecule has 0 N–H and O–H groups in total. The van der Waals surface area contributed by atoms with E-state index in [1.807, 2.05) is 18.2 Å². The topological polar surface area (TPSA) is 47.9 Å². The van der Waals surface area contributed by atoms with Crippen molar-refractivity contribution < 1.29 is 4.74 Å². The predicted molar refractivity (Wildman–Crippen MR) is 268 cm³/mol. The van der Waals surface area contributed by atoms with Crippen LogP contribution in [-0.4, -0.2) is 15.0 Å². The summed E-state index contributed by atoms with van der Waals surface area (Å²) in [5.41, 5.74) is 11.9. The number of fused-ring (bicyclic) bond motifs is 6. The second-order valence-electron chi connectivity index (χ2n) is 16.7. The Kier molecular flexibility index (Phi) is 8.50. The maximum Gasteiger partial charge on any atom is 0.164 e. The van der Waals surface area contributed by atoms with Crippen molar-refractivity contribution in [1.82, 2.24) is 15.0 Å². The number of benzene rings is 11. The molecule has 0 bridgehead atoms. The van der Waals surface area contributed by atoms with Gasteiger partial charge in [-0.2, -0.15) is 0 Å². The molecule has 0 saturated carbocycles. The largest absolute Gasteiger partial charge is 0.456 e. The fourth-order valence-corrected chi connectivity index (χ4v) is 9.68. The van der Waals surface area contributed by atoms with Crippen molar-refractivity contribution in [1.29, 1.82) is 0 Å². The van der Waals surface area contributed by atoms with Crippen LogP contribution in [0.25, 0.3) is 122 Å². The molecule has 13 rings (SSSR count). The van der Waals surface area contributed by atoms with E-state index in [4.69, 9.17) is 19.7 Å². The molecule has 4 nitrogen and oxygen atoms in total. The third-order valence-electron chi connectivity index (χ3n) is 12.9. The highest BCUT2D eigenvalue weighted by Crippen LogP contribution is 2.48. The van der Waals surface area contributed by atoms with Crippen molar-refractivity contribution >= 4 is 43.1 Å². The summed E-state index contributed by atoms with van der Waals surface area (Å²) < 4.78 is 6.40. The van der Waals surface area contributed by atoms with Gasteiger partial charge in [-0.05, 0) is 101 Å². The molecule has 0 radical (unpaired) electrons. The highest BCUT2D eigenvalue weighted by atomic mass is 16.5. The molecule has 1 aliphatic rings. The average molecular weight is 828 g/mol. The van der Waals surface area contributed by atoms with Crippen molar-refractivity contribution in [2.24, 2.45) is 0 Å². The molecular weight excluding hydrogens is 791 g/mol. The Bertz CT molecular complexity index is 3820. The van der Waals surface area contributed by atoms with Crippen molar-refractivity contribution in [3.8, 4) is 90.2 Å². The Morgan fingerprint density at radius 1 is 0.262 bits per heavy atom. The molecule has 11 aromatic carbocycles. The zero-order chi connectivity index (χ0) is 42.8. The van der Waals surface area contributed by atoms with Gasteiger partial charge < -0.3 is 4.74 Å². The Labute approximate surface area is 375 Å². The first-order valence-corrected chi connectivity index (χ1v) is 22.0. The van der Waals surface area contributed by atoms with Crippen LogP contribution in [0.15, 0.2) is 224 Å². The molecule has 0 atom stereocenters. The van der Waals surface area contributed by atoms with Crippen LogP contribution in [0.4, 0.5) is 0 Å². The van der Waals surface area contributed by atoms with Crippen molar-refractivity contribution in [2.75, 3.05) is 0 Å². The Morgan fingerprint density at radius 3 is 1.48 bits per heavy atom. The van der Waals surface area contributed by atoms with E-state index in [1.54, 1.807) is 0 Å². The van der Waals surface area contributed by atoms with E-state index in [-0.39, 0.29) is 0 Å². The van der Waals surface area contributed by atoms with E-state index in [0.29, 0.717) is 17.5 Å². The molecule has 1 aromatic heterocycles. The Balaban J connectivity index is 0.898. The summed E-state index contributed by atoms with van der Waals surface area (Å²) in [6.45, 7) is 0. The second kappa shape index (κ2) is 15.0. The minimum absolute atomic E-state index is 0.613. The number of rotatable bonds is 6. The van der Waals surface area contributed by atoms with Crippen LogP contribution in [0.5, 0.6) is 11.5 Å². The van der Waals surface area contributed by atoms with E-state index in [1.165, 1.54) is 48.8 Å². The first-order chi connectivity index (χ1) is 32.2. The number of aromatic nitrogens is 3. The third kappa shape index (κ3) is 6.34. The summed E-state index contributed by atoms with van der Waals surface area (Å²) in [4.78, 5) is 15.4. The highest BCUT2D eigenvalue weighted by Gasteiger charge is 2.21. The zero-order valence-corrected chi connectivity index (χ0v) is 35.1. The summed E-state index contributed by atoms with van der Waals surface area (Å²) in [6.07, 6.45) is 0. The average Bonchev–Trinajstić information content (AvgIpc) is 3.38. The van der Waals surface area contributed by atoms with Gasteiger partial charge >= 0.3 is 0 Å². The number of hydrogen-bond acceptors (Lipinski definition) is 4. The van der Waals surface area contributed by atoms with Gasteiger partial charge in [0, 0.05) is 27.6 Å². The molecule has 0 spiro atoms. The lowest BCUT2D eigenvalue weighted by Crippen LogP contribution is -2.00. The second-order valence-corrected chi connectivity index (χ2v) is 16.7. The summed E-state index contributed by atoms with van der Waals surface area (Å²) >= 11 is 0. The molecule has 65 heavy (non-hydrogen) atoms. The van der Waals surface area contributed by atoms with Crippen LogP contribution in [0.2, 0.25) is 0 Å². The summed E-state index contributed by atoms with van der Waals surface area (Å²) in [5.74, 6) is 3.61. The third-order valence-corrected chi connectivity index (χ3v) is 12.9. The van der Waals surface area contributed by atoms with Gasteiger partial charge in [-0.25, -0.2) is 15.0 Å². The quantitative estimate of drug-likeness (QED) is 0.124. The lowest BCUT2D eigenvalue weighted by Gasteiger charge is -2.22. The van der Waals surface area contributed by atoms with Crippen molar-refractivity contribution in [2.45, 2.75) is 0 Å². The molecule has 0 aliphatic carbocycles. The lowest BCUT2D eigenvalue weighted by atomic mass is 9.89. The van der Waals surface area contributed by atoms with Crippen molar-refractivity contribution in [3.63, 3.8) is 0 Å². The predicted octanol–water partition coefficient (Wildman–Crippen LogP) is 16.3. The molecule has 1 aliphatic heterocycles. The maximum atomic E-state index is 6.40. The molecule has 2 heterocycles. The highest BCUT2D eigenvalue weighted by molar-refractivity contribution is 6.20. The number of nitrogens with zero attached hydrogens (tertiary/aromatic N) is 3. The van der Waals surface area contributed by atoms with E-state index < -0.39 is 0 Å². The van der Waals surface area contributed by atoms with Crippen LogP contribution in [-0.2, 0) is 0 Å². The number of hydrogen-bond donors (Lipinski definition) is 0. The molecule has 12 aromatic rings. The van der Waals surface area contributed by atoms with Crippen LogP contribution in [0, 0.1) is 0 Å². The molecule has 4 heteroatoms. The lowest BCUT2D eigenvalue weighted by molar-refractivity contribution is 0.487. The Hall–Kier alpha value is -8.73. The SMILES string of the molecule is c1ccc(-c2ccc(-c3nc(-c4ccc(-c5ccc6c(c5)-c5cccc7cccc(c57)O6)cc4)nc(-c4ccc(-c5c6ccccc6cc6c5ccc5ccccc56)cc4)n3)cc2)cc1.